The normalized spacial score (nSPS) is 12.3. The van der Waals surface area contributed by atoms with Gasteiger partial charge < -0.3 is 10.1 Å². The molecule has 0 amide bonds. The first-order chi connectivity index (χ1) is 8.04. The first-order valence-corrected chi connectivity index (χ1v) is 6.52. The molecule has 0 spiro atoms. The molecule has 3 nitrogen and oxygen atoms in total. The van der Waals surface area contributed by atoms with Crippen LogP contribution in [-0.4, -0.2) is 24.5 Å². The first kappa shape index (κ1) is 14.0. The van der Waals surface area contributed by atoms with Crippen molar-refractivity contribution >= 4 is 27.6 Å². The van der Waals surface area contributed by atoms with E-state index in [0.717, 1.165) is 5.69 Å². The van der Waals surface area contributed by atoms with Crippen molar-refractivity contribution in [3.05, 3.63) is 29.8 Å². The summed E-state index contributed by atoms with van der Waals surface area (Å²) in [6.45, 7) is 4.82. The second kappa shape index (κ2) is 6.64. The summed E-state index contributed by atoms with van der Waals surface area (Å²) in [5, 5.41) is 3.21. The van der Waals surface area contributed by atoms with E-state index < -0.39 is 0 Å². The van der Waals surface area contributed by atoms with Crippen LogP contribution in [0.2, 0.25) is 0 Å². The lowest BCUT2D eigenvalue weighted by Gasteiger charge is -2.12. The van der Waals surface area contributed by atoms with Crippen molar-refractivity contribution in [3.8, 4) is 0 Å². The van der Waals surface area contributed by atoms with E-state index in [2.05, 4.69) is 52.0 Å². The molecule has 1 rings (SSSR count). The zero-order valence-electron chi connectivity index (χ0n) is 10.4. The van der Waals surface area contributed by atoms with Crippen LogP contribution in [0.4, 0.5) is 5.69 Å². The quantitative estimate of drug-likeness (QED) is 0.670. The van der Waals surface area contributed by atoms with Crippen LogP contribution in [0.25, 0.3) is 0 Å². The molecule has 94 valence electrons. The van der Waals surface area contributed by atoms with Crippen LogP contribution in [0.15, 0.2) is 24.3 Å². The van der Waals surface area contributed by atoms with Gasteiger partial charge in [0, 0.05) is 12.2 Å². The minimum Gasteiger partial charge on any atom is -0.468 e. The molecular formula is C13H18BrNO2. The van der Waals surface area contributed by atoms with Gasteiger partial charge in [0.2, 0.25) is 0 Å². The Morgan fingerprint density at radius 2 is 2.18 bits per heavy atom. The molecule has 0 aliphatic heterocycles. The standard InChI is InChI=1S/C13H18BrNO2/c1-9(2)10-5-4-6-11(7-10)15-8-12(14)13(16)17-3/h4-7,9,12,15H,8H2,1-3H3. The van der Waals surface area contributed by atoms with Gasteiger partial charge in [-0.05, 0) is 23.6 Å². The maximum Gasteiger partial charge on any atom is 0.321 e. The van der Waals surface area contributed by atoms with Crippen LogP contribution >= 0.6 is 15.9 Å². The number of nitrogens with one attached hydrogen (secondary N) is 1. The number of anilines is 1. The molecule has 1 aromatic rings. The summed E-state index contributed by atoms with van der Waals surface area (Å²) in [6.07, 6.45) is 0. The highest BCUT2D eigenvalue weighted by molar-refractivity contribution is 9.10. The maximum absolute atomic E-state index is 11.2. The number of ether oxygens (including phenoxy) is 1. The van der Waals surface area contributed by atoms with Crippen molar-refractivity contribution in [2.45, 2.75) is 24.6 Å². The van der Waals surface area contributed by atoms with Gasteiger partial charge in [0.05, 0.1) is 7.11 Å². The number of esters is 1. The number of carbonyl (C=O) groups excluding carboxylic acids is 1. The number of carbonyl (C=O) groups is 1. The summed E-state index contributed by atoms with van der Waals surface area (Å²) in [6, 6.07) is 8.20. The molecule has 1 atom stereocenters. The second-order valence-corrected chi connectivity index (χ2v) is 5.26. The Balaban J connectivity index is 2.57. The molecule has 0 aliphatic rings. The zero-order valence-corrected chi connectivity index (χ0v) is 12.0. The van der Waals surface area contributed by atoms with E-state index in [1.807, 2.05) is 12.1 Å². The van der Waals surface area contributed by atoms with Crippen LogP contribution in [0.3, 0.4) is 0 Å². The summed E-state index contributed by atoms with van der Waals surface area (Å²) in [5.74, 6) is 0.231. The highest BCUT2D eigenvalue weighted by Crippen LogP contribution is 2.18. The summed E-state index contributed by atoms with van der Waals surface area (Å²) in [7, 11) is 1.38. The lowest BCUT2D eigenvalue weighted by Crippen LogP contribution is -2.24. The van der Waals surface area contributed by atoms with Gasteiger partial charge in [-0.25, -0.2) is 0 Å². The van der Waals surface area contributed by atoms with Crippen molar-refractivity contribution in [2.75, 3.05) is 19.0 Å². The van der Waals surface area contributed by atoms with E-state index in [1.165, 1.54) is 12.7 Å². The number of hydrogen-bond donors (Lipinski definition) is 1. The molecular weight excluding hydrogens is 282 g/mol. The van der Waals surface area contributed by atoms with Crippen molar-refractivity contribution in [3.63, 3.8) is 0 Å². The van der Waals surface area contributed by atoms with E-state index in [1.54, 1.807) is 0 Å². The van der Waals surface area contributed by atoms with Crippen molar-refractivity contribution in [1.29, 1.82) is 0 Å². The van der Waals surface area contributed by atoms with Crippen molar-refractivity contribution < 1.29 is 9.53 Å². The van der Waals surface area contributed by atoms with Crippen molar-refractivity contribution in [2.24, 2.45) is 0 Å². The molecule has 1 aromatic carbocycles. The number of benzene rings is 1. The lowest BCUT2D eigenvalue weighted by molar-refractivity contribution is -0.139. The molecule has 0 aliphatic carbocycles. The zero-order chi connectivity index (χ0) is 12.8. The van der Waals surface area contributed by atoms with E-state index in [0.29, 0.717) is 12.5 Å². The topological polar surface area (TPSA) is 38.3 Å². The monoisotopic (exact) mass is 299 g/mol. The molecule has 0 saturated heterocycles. The Morgan fingerprint density at radius 3 is 2.76 bits per heavy atom. The fraction of sp³-hybridized carbons (Fsp3) is 0.462. The van der Waals surface area contributed by atoms with Gasteiger partial charge in [0.1, 0.15) is 4.83 Å². The Labute approximate surface area is 111 Å². The fourth-order valence-corrected chi connectivity index (χ4v) is 1.78. The average Bonchev–Trinajstić information content (AvgIpc) is 2.35. The third-order valence-corrected chi connectivity index (χ3v) is 3.19. The lowest BCUT2D eigenvalue weighted by atomic mass is 10.0. The molecule has 0 fully saturated rings. The summed E-state index contributed by atoms with van der Waals surface area (Å²) in [5.41, 5.74) is 2.30. The average molecular weight is 300 g/mol. The van der Waals surface area contributed by atoms with Crippen LogP contribution in [0.1, 0.15) is 25.3 Å². The van der Waals surface area contributed by atoms with E-state index in [9.17, 15) is 4.79 Å². The van der Waals surface area contributed by atoms with Gasteiger partial charge in [-0.1, -0.05) is 41.9 Å². The number of rotatable bonds is 5. The van der Waals surface area contributed by atoms with E-state index >= 15 is 0 Å². The summed E-state index contributed by atoms with van der Waals surface area (Å²) in [4.78, 5) is 10.9. The van der Waals surface area contributed by atoms with Crippen molar-refractivity contribution in [1.82, 2.24) is 0 Å². The van der Waals surface area contributed by atoms with Crippen LogP contribution < -0.4 is 5.32 Å². The number of alkyl halides is 1. The van der Waals surface area contributed by atoms with Gasteiger partial charge in [-0.2, -0.15) is 0 Å². The van der Waals surface area contributed by atoms with Crippen LogP contribution in [-0.2, 0) is 9.53 Å². The molecule has 0 saturated carbocycles. The minimum atomic E-state index is -0.324. The van der Waals surface area contributed by atoms with Gasteiger partial charge in [-0.3, -0.25) is 4.79 Å². The molecule has 0 bridgehead atoms. The SMILES string of the molecule is COC(=O)C(Br)CNc1cccc(C(C)C)c1. The van der Waals surface area contributed by atoms with Crippen LogP contribution in [0, 0.1) is 0 Å². The smallest absolute Gasteiger partial charge is 0.321 e. The Kier molecular flexibility index (Phi) is 5.48. The third-order valence-electron chi connectivity index (χ3n) is 2.50. The third kappa shape index (κ3) is 4.38. The predicted molar refractivity (Wildman–Crippen MR) is 73.8 cm³/mol. The predicted octanol–water partition coefficient (Wildman–Crippen LogP) is 3.16. The highest BCUT2D eigenvalue weighted by Gasteiger charge is 2.14. The molecule has 0 radical (unpaired) electrons. The van der Waals surface area contributed by atoms with Gasteiger partial charge in [-0.15, -0.1) is 0 Å². The van der Waals surface area contributed by atoms with Gasteiger partial charge in [0.25, 0.3) is 0 Å². The second-order valence-electron chi connectivity index (χ2n) is 4.15. The molecule has 17 heavy (non-hydrogen) atoms. The Bertz CT molecular complexity index is 379. The summed E-state index contributed by atoms with van der Waals surface area (Å²) >= 11 is 3.27. The maximum atomic E-state index is 11.2. The number of methoxy groups -OCH3 is 1. The summed E-state index contributed by atoms with van der Waals surface area (Å²) < 4.78 is 4.64. The van der Waals surface area contributed by atoms with E-state index in [-0.39, 0.29) is 10.8 Å². The van der Waals surface area contributed by atoms with Gasteiger partial charge in [0.15, 0.2) is 0 Å². The number of halogens is 1. The van der Waals surface area contributed by atoms with Gasteiger partial charge >= 0.3 is 5.97 Å². The number of hydrogen-bond acceptors (Lipinski definition) is 3. The Hall–Kier alpha value is -1.03. The van der Waals surface area contributed by atoms with E-state index in [4.69, 9.17) is 0 Å². The first-order valence-electron chi connectivity index (χ1n) is 5.60. The highest BCUT2D eigenvalue weighted by atomic mass is 79.9. The molecule has 1 N–H and O–H groups in total. The molecule has 1 unspecified atom stereocenters. The molecule has 0 heterocycles. The largest absolute Gasteiger partial charge is 0.468 e. The van der Waals surface area contributed by atoms with Crippen LogP contribution in [0.5, 0.6) is 0 Å². The molecule has 4 heteroatoms. The minimum absolute atomic E-state index is 0.266. The molecule has 0 aromatic heterocycles. The Morgan fingerprint density at radius 1 is 1.47 bits per heavy atom. The fourth-order valence-electron chi connectivity index (χ4n) is 1.43.